The molecule has 0 amide bonds. The number of aliphatic hydroxyl groups excluding tert-OH is 1. The van der Waals surface area contributed by atoms with E-state index in [2.05, 4.69) is 41.3 Å². The first-order chi connectivity index (χ1) is 9.65. The number of aliphatic hydroxyl groups is 1. The first-order valence-electron chi connectivity index (χ1n) is 7.11. The molecule has 3 unspecified atom stereocenters. The van der Waals surface area contributed by atoms with Crippen molar-refractivity contribution in [3.05, 3.63) is 0 Å². The first kappa shape index (κ1) is 21.7. The van der Waals surface area contributed by atoms with Crippen LogP contribution in [0.5, 0.6) is 0 Å². The second-order valence-corrected chi connectivity index (χ2v) is 5.79. The Morgan fingerprint density at radius 1 is 1.36 bits per heavy atom. The Morgan fingerprint density at radius 2 is 1.95 bits per heavy atom. The molecule has 0 aromatic carbocycles. The van der Waals surface area contributed by atoms with E-state index in [1.807, 2.05) is 0 Å². The maximum Gasteiger partial charge on any atom is 0.416 e. The number of nitrogens with one attached hydrogen (secondary N) is 2. The fourth-order valence-electron chi connectivity index (χ4n) is 2.29. The van der Waals surface area contributed by atoms with Crippen molar-refractivity contribution in [3.8, 4) is 0 Å². The van der Waals surface area contributed by atoms with E-state index < -0.39 is 18.8 Å². The van der Waals surface area contributed by atoms with Gasteiger partial charge in [-0.15, -0.1) is 24.0 Å². The topological polar surface area (TPSA) is 59.9 Å². The SMILES string of the molecule is CN=C(NCC(O)C(F)(F)F)NC1CN(C(C)C)CC1C.I. The molecule has 22 heavy (non-hydrogen) atoms. The summed E-state index contributed by atoms with van der Waals surface area (Å²) in [6, 6.07) is 0.558. The third-order valence-corrected chi connectivity index (χ3v) is 3.76. The number of alkyl halides is 3. The quantitative estimate of drug-likeness (QED) is 0.353. The van der Waals surface area contributed by atoms with Crippen molar-refractivity contribution < 1.29 is 18.3 Å². The molecule has 9 heteroatoms. The maximum absolute atomic E-state index is 12.3. The smallest absolute Gasteiger partial charge is 0.382 e. The summed E-state index contributed by atoms with van der Waals surface area (Å²) in [5.41, 5.74) is 0. The van der Waals surface area contributed by atoms with Crippen molar-refractivity contribution in [3.63, 3.8) is 0 Å². The molecule has 0 radical (unpaired) electrons. The summed E-state index contributed by atoms with van der Waals surface area (Å²) in [5, 5.41) is 14.6. The number of rotatable bonds is 4. The van der Waals surface area contributed by atoms with Gasteiger partial charge in [0.15, 0.2) is 12.1 Å². The molecule has 5 nitrogen and oxygen atoms in total. The molecule has 1 fully saturated rings. The van der Waals surface area contributed by atoms with Crippen molar-refractivity contribution in [1.82, 2.24) is 15.5 Å². The lowest BCUT2D eigenvalue weighted by atomic mass is 10.1. The standard InChI is InChI=1S/C13H25F3N4O.HI/c1-8(2)20-6-9(3)10(7-20)19-12(17-4)18-5-11(21)13(14,15)16;/h8-11,21H,5-7H2,1-4H3,(H2,17,18,19);1H. The predicted octanol–water partition coefficient (Wildman–Crippen LogP) is 1.42. The molecule has 0 spiro atoms. The van der Waals surface area contributed by atoms with Crippen molar-refractivity contribution in [2.75, 3.05) is 26.7 Å². The Morgan fingerprint density at radius 3 is 2.36 bits per heavy atom. The molecule has 0 aromatic rings. The van der Waals surface area contributed by atoms with Crippen molar-refractivity contribution in [2.45, 2.75) is 45.1 Å². The van der Waals surface area contributed by atoms with E-state index in [0.717, 1.165) is 13.1 Å². The van der Waals surface area contributed by atoms with Crippen molar-refractivity contribution >= 4 is 29.9 Å². The largest absolute Gasteiger partial charge is 0.416 e. The van der Waals surface area contributed by atoms with Gasteiger partial charge in [-0.05, 0) is 19.8 Å². The highest BCUT2D eigenvalue weighted by Gasteiger charge is 2.38. The minimum absolute atomic E-state index is 0. The zero-order chi connectivity index (χ0) is 16.2. The molecule has 1 heterocycles. The van der Waals surface area contributed by atoms with Gasteiger partial charge in [-0.1, -0.05) is 6.92 Å². The summed E-state index contributed by atoms with van der Waals surface area (Å²) >= 11 is 0. The third kappa shape index (κ3) is 6.45. The summed E-state index contributed by atoms with van der Waals surface area (Å²) in [6.07, 6.45) is -7.02. The number of halogens is 4. The summed E-state index contributed by atoms with van der Waals surface area (Å²) in [6.45, 7) is 7.47. The maximum atomic E-state index is 12.3. The van der Waals surface area contributed by atoms with Crippen LogP contribution in [0.15, 0.2) is 4.99 Å². The van der Waals surface area contributed by atoms with Crippen LogP contribution in [0.25, 0.3) is 0 Å². The van der Waals surface area contributed by atoms with Crippen LogP contribution in [0.2, 0.25) is 0 Å². The first-order valence-corrected chi connectivity index (χ1v) is 7.11. The highest BCUT2D eigenvalue weighted by molar-refractivity contribution is 14.0. The number of aliphatic imine (C=N–C) groups is 1. The average Bonchev–Trinajstić information content (AvgIpc) is 2.74. The molecular weight excluding hydrogens is 412 g/mol. The van der Waals surface area contributed by atoms with Gasteiger partial charge in [-0.2, -0.15) is 13.2 Å². The molecule has 1 aliphatic heterocycles. The molecule has 3 atom stereocenters. The molecule has 1 aliphatic rings. The molecule has 0 aliphatic carbocycles. The van der Waals surface area contributed by atoms with E-state index in [9.17, 15) is 13.2 Å². The van der Waals surface area contributed by atoms with E-state index in [1.54, 1.807) is 0 Å². The second-order valence-electron chi connectivity index (χ2n) is 5.79. The Balaban J connectivity index is 0.00000441. The Hall–Kier alpha value is -0.290. The molecular formula is C13H26F3IN4O. The number of nitrogens with zero attached hydrogens (tertiary/aromatic N) is 2. The number of likely N-dealkylation sites (tertiary alicyclic amines) is 1. The molecule has 0 bridgehead atoms. The minimum Gasteiger partial charge on any atom is -0.382 e. The fraction of sp³-hybridized carbons (Fsp3) is 0.923. The molecule has 1 saturated heterocycles. The number of guanidine groups is 1. The Bertz CT molecular complexity index is 366. The van der Waals surface area contributed by atoms with Crippen LogP contribution < -0.4 is 10.6 Å². The van der Waals surface area contributed by atoms with Gasteiger partial charge in [-0.25, -0.2) is 0 Å². The van der Waals surface area contributed by atoms with Crippen LogP contribution >= 0.6 is 24.0 Å². The monoisotopic (exact) mass is 438 g/mol. The minimum atomic E-state index is -4.62. The summed E-state index contributed by atoms with van der Waals surface area (Å²) < 4.78 is 36.8. The van der Waals surface area contributed by atoms with Crippen LogP contribution in [0.4, 0.5) is 13.2 Å². The second kappa shape index (κ2) is 9.11. The van der Waals surface area contributed by atoms with E-state index >= 15 is 0 Å². The molecule has 3 N–H and O–H groups in total. The van der Waals surface area contributed by atoms with Crippen LogP contribution in [0, 0.1) is 5.92 Å². The normalized spacial score (nSPS) is 25.0. The lowest BCUT2D eigenvalue weighted by Crippen LogP contribution is -2.50. The van der Waals surface area contributed by atoms with E-state index in [0.29, 0.717) is 12.0 Å². The van der Waals surface area contributed by atoms with Crippen LogP contribution in [0.3, 0.4) is 0 Å². The number of hydrogen-bond donors (Lipinski definition) is 3. The van der Waals surface area contributed by atoms with Gasteiger partial charge >= 0.3 is 6.18 Å². The Kier molecular flexibility index (Phi) is 8.99. The van der Waals surface area contributed by atoms with E-state index in [4.69, 9.17) is 5.11 Å². The van der Waals surface area contributed by atoms with Crippen molar-refractivity contribution in [1.29, 1.82) is 0 Å². The summed E-state index contributed by atoms with van der Waals surface area (Å²) in [4.78, 5) is 6.21. The van der Waals surface area contributed by atoms with Gasteiger partial charge in [0.2, 0.25) is 0 Å². The average molecular weight is 438 g/mol. The van der Waals surface area contributed by atoms with Crippen LogP contribution in [-0.2, 0) is 0 Å². The molecule has 1 rings (SSSR count). The zero-order valence-electron chi connectivity index (χ0n) is 13.3. The van der Waals surface area contributed by atoms with Gasteiger partial charge < -0.3 is 15.7 Å². The zero-order valence-corrected chi connectivity index (χ0v) is 15.6. The van der Waals surface area contributed by atoms with E-state index in [-0.39, 0.29) is 36.0 Å². The van der Waals surface area contributed by atoms with Gasteiger partial charge in [0, 0.05) is 32.2 Å². The molecule has 0 saturated carbocycles. The lowest BCUT2D eigenvalue weighted by molar-refractivity contribution is -0.201. The van der Waals surface area contributed by atoms with Gasteiger partial charge in [-0.3, -0.25) is 9.89 Å². The lowest BCUT2D eigenvalue weighted by Gasteiger charge is -2.23. The van der Waals surface area contributed by atoms with Gasteiger partial charge in [0.05, 0.1) is 6.54 Å². The highest BCUT2D eigenvalue weighted by atomic mass is 127. The molecule has 0 aromatic heterocycles. The van der Waals surface area contributed by atoms with Crippen molar-refractivity contribution in [2.24, 2.45) is 10.9 Å². The summed E-state index contributed by atoms with van der Waals surface area (Å²) in [5.74, 6) is 0.652. The Labute approximate surface area is 146 Å². The highest BCUT2D eigenvalue weighted by Crippen LogP contribution is 2.20. The van der Waals surface area contributed by atoms with Crippen LogP contribution in [-0.4, -0.2) is 67.0 Å². The van der Waals surface area contributed by atoms with Crippen LogP contribution in [0.1, 0.15) is 20.8 Å². The predicted molar refractivity (Wildman–Crippen MR) is 91.6 cm³/mol. The van der Waals surface area contributed by atoms with E-state index in [1.165, 1.54) is 7.05 Å². The fourth-order valence-corrected chi connectivity index (χ4v) is 2.29. The van der Waals surface area contributed by atoms with Gasteiger partial charge in [0.1, 0.15) is 0 Å². The number of hydrogen-bond acceptors (Lipinski definition) is 3. The van der Waals surface area contributed by atoms with Gasteiger partial charge in [0.25, 0.3) is 0 Å². The summed E-state index contributed by atoms with van der Waals surface area (Å²) in [7, 11) is 1.50. The molecule has 132 valence electrons. The third-order valence-electron chi connectivity index (χ3n) is 3.76.